The van der Waals surface area contributed by atoms with Gasteiger partial charge in [0, 0.05) is 18.0 Å². The summed E-state index contributed by atoms with van der Waals surface area (Å²) in [6, 6.07) is 6.68. The topological polar surface area (TPSA) is 46.0 Å². The third-order valence-electron chi connectivity index (χ3n) is 1.75. The number of halogens is 1. The molecule has 0 saturated heterocycles. The van der Waals surface area contributed by atoms with Gasteiger partial charge < -0.3 is 5.11 Å². The number of aromatic hydroxyl groups is 1. The van der Waals surface area contributed by atoms with Crippen molar-refractivity contribution in [2.75, 3.05) is 0 Å². The van der Waals surface area contributed by atoms with Crippen LogP contribution in [0.5, 0.6) is 5.75 Å². The summed E-state index contributed by atoms with van der Waals surface area (Å²) in [6.45, 7) is 0. The Hall–Kier alpha value is -1.61. The van der Waals surface area contributed by atoms with Crippen molar-refractivity contribution in [2.24, 2.45) is 0 Å². The highest BCUT2D eigenvalue weighted by molar-refractivity contribution is 6.30. The normalized spacial score (nSPS) is 10.1. The lowest BCUT2D eigenvalue weighted by Gasteiger charge is -1.99. The van der Waals surface area contributed by atoms with Gasteiger partial charge in [0.15, 0.2) is 5.82 Å². The summed E-state index contributed by atoms with van der Waals surface area (Å²) in [7, 11) is 0. The third-order valence-corrected chi connectivity index (χ3v) is 1.94. The first-order chi connectivity index (χ1) is 6.75. The van der Waals surface area contributed by atoms with Crippen molar-refractivity contribution in [3.63, 3.8) is 0 Å². The van der Waals surface area contributed by atoms with Gasteiger partial charge in [-0.15, -0.1) is 0 Å². The fraction of sp³-hybridized carbons (Fsp3) is 0. The van der Waals surface area contributed by atoms with Gasteiger partial charge >= 0.3 is 0 Å². The zero-order valence-electron chi connectivity index (χ0n) is 7.18. The molecule has 0 aliphatic carbocycles. The van der Waals surface area contributed by atoms with E-state index in [4.69, 9.17) is 16.7 Å². The van der Waals surface area contributed by atoms with Crippen molar-refractivity contribution < 1.29 is 5.11 Å². The molecule has 2 aromatic rings. The van der Waals surface area contributed by atoms with Crippen LogP contribution in [-0.4, -0.2) is 15.1 Å². The lowest BCUT2D eigenvalue weighted by molar-refractivity contribution is 0.475. The first-order valence-corrected chi connectivity index (χ1v) is 4.40. The molecule has 2 rings (SSSR count). The second-order valence-electron chi connectivity index (χ2n) is 2.77. The van der Waals surface area contributed by atoms with Crippen molar-refractivity contribution in [1.29, 1.82) is 0 Å². The summed E-state index contributed by atoms with van der Waals surface area (Å²) >= 11 is 5.66. The first kappa shape index (κ1) is 8.97. The Balaban J connectivity index is 2.40. The van der Waals surface area contributed by atoms with Gasteiger partial charge in [-0.3, -0.25) is 0 Å². The average molecular weight is 207 g/mol. The minimum Gasteiger partial charge on any atom is -0.508 e. The van der Waals surface area contributed by atoms with Crippen LogP contribution in [0.4, 0.5) is 0 Å². The molecule has 3 nitrogen and oxygen atoms in total. The van der Waals surface area contributed by atoms with Crippen molar-refractivity contribution in [2.45, 2.75) is 0 Å². The van der Waals surface area contributed by atoms with Crippen LogP contribution in [-0.2, 0) is 0 Å². The minimum absolute atomic E-state index is 0.225. The van der Waals surface area contributed by atoms with E-state index in [0.717, 1.165) is 5.56 Å². The van der Waals surface area contributed by atoms with E-state index in [1.165, 1.54) is 12.4 Å². The van der Waals surface area contributed by atoms with Crippen LogP contribution in [0.15, 0.2) is 36.7 Å². The second-order valence-corrected chi connectivity index (χ2v) is 3.21. The maximum Gasteiger partial charge on any atom is 0.159 e. The molecule has 0 bridgehead atoms. The average Bonchev–Trinajstić information content (AvgIpc) is 2.21. The lowest BCUT2D eigenvalue weighted by Crippen LogP contribution is -1.86. The molecule has 0 amide bonds. The van der Waals surface area contributed by atoms with E-state index in [9.17, 15) is 0 Å². The van der Waals surface area contributed by atoms with E-state index in [0.29, 0.717) is 10.8 Å². The number of hydrogen-bond acceptors (Lipinski definition) is 3. The molecule has 14 heavy (non-hydrogen) atoms. The van der Waals surface area contributed by atoms with Crippen molar-refractivity contribution >= 4 is 11.6 Å². The quantitative estimate of drug-likeness (QED) is 0.780. The van der Waals surface area contributed by atoms with Gasteiger partial charge in [-0.1, -0.05) is 11.6 Å². The van der Waals surface area contributed by atoms with Crippen LogP contribution in [0.2, 0.25) is 5.02 Å². The maximum atomic E-state index is 9.09. The van der Waals surface area contributed by atoms with E-state index in [2.05, 4.69) is 9.97 Å². The highest BCUT2D eigenvalue weighted by atomic mass is 35.5. The van der Waals surface area contributed by atoms with Crippen molar-refractivity contribution in [1.82, 2.24) is 9.97 Å². The summed E-state index contributed by atoms with van der Waals surface area (Å²) in [5, 5.41) is 9.59. The Morgan fingerprint density at radius 1 is 1.00 bits per heavy atom. The largest absolute Gasteiger partial charge is 0.508 e. The number of phenolic OH excluding ortho intramolecular Hbond substituents is 1. The van der Waals surface area contributed by atoms with E-state index in [1.54, 1.807) is 24.3 Å². The lowest BCUT2D eigenvalue weighted by atomic mass is 10.2. The Kier molecular flexibility index (Phi) is 2.33. The molecule has 1 N–H and O–H groups in total. The summed E-state index contributed by atoms with van der Waals surface area (Å²) in [6.07, 6.45) is 3.08. The Morgan fingerprint density at radius 2 is 1.57 bits per heavy atom. The summed E-state index contributed by atoms with van der Waals surface area (Å²) in [5.74, 6) is 0.817. The molecule has 0 radical (unpaired) electrons. The van der Waals surface area contributed by atoms with E-state index in [1.807, 2.05) is 0 Å². The monoisotopic (exact) mass is 206 g/mol. The molecule has 1 aromatic heterocycles. The van der Waals surface area contributed by atoms with Crippen molar-refractivity contribution in [3.8, 4) is 17.1 Å². The van der Waals surface area contributed by atoms with Gasteiger partial charge in [0.25, 0.3) is 0 Å². The van der Waals surface area contributed by atoms with Gasteiger partial charge in [-0.2, -0.15) is 0 Å². The Morgan fingerprint density at radius 3 is 2.14 bits per heavy atom. The van der Waals surface area contributed by atoms with Gasteiger partial charge in [-0.25, -0.2) is 9.97 Å². The SMILES string of the molecule is Oc1ccc(-c2ncc(Cl)cn2)cc1. The van der Waals surface area contributed by atoms with Crippen LogP contribution in [0.25, 0.3) is 11.4 Å². The number of nitrogens with zero attached hydrogens (tertiary/aromatic N) is 2. The van der Waals surface area contributed by atoms with Crippen LogP contribution in [0, 0.1) is 0 Å². The summed E-state index contributed by atoms with van der Waals surface area (Å²) in [4.78, 5) is 8.11. The number of hydrogen-bond donors (Lipinski definition) is 1. The molecule has 1 aromatic carbocycles. The Bertz CT molecular complexity index is 381. The molecule has 0 spiro atoms. The molecule has 1 heterocycles. The zero-order chi connectivity index (χ0) is 9.97. The molecule has 0 atom stereocenters. The van der Waals surface area contributed by atoms with Gasteiger partial charge in [0.1, 0.15) is 5.75 Å². The van der Waals surface area contributed by atoms with E-state index in [-0.39, 0.29) is 5.75 Å². The maximum absolute atomic E-state index is 9.09. The number of benzene rings is 1. The Labute approximate surface area is 86.0 Å². The minimum atomic E-state index is 0.225. The third kappa shape index (κ3) is 1.83. The molecular weight excluding hydrogens is 200 g/mol. The standard InChI is InChI=1S/C10H7ClN2O/c11-8-5-12-10(13-6-8)7-1-3-9(14)4-2-7/h1-6,14H. The van der Waals surface area contributed by atoms with Gasteiger partial charge in [-0.05, 0) is 24.3 Å². The number of aromatic nitrogens is 2. The smallest absolute Gasteiger partial charge is 0.159 e. The fourth-order valence-electron chi connectivity index (χ4n) is 1.07. The molecule has 70 valence electrons. The highest BCUT2D eigenvalue weighted by Gasteiger charge is 1.99. The predicted octanol–water partition coefficient (Wildman–Crippen LogP) is 2.50. The molecule has 0 unspecified atom stereocenters. The van der Waals surface area contributed by atoms with Crippen LogP contribution < -0.4 is 0 Å². The van der Waals surface area contributed by atoms with Crippen LogP contribution in [0.3, 0.4) is 0 Å². The van der Waals surface area contributed by atoms with Crippen LogP contribution in [0.1, 0.15) is 0 Å². The van der Waals surface area contributed by atoms with Gasteiger partial charge in [0.2, 0.25) is 0 Å². The molecule has 0 saturated carbocycles. The molecule has 0 aliphatic heterocycles. The molecule has 0 fully saturated rings. The molecular formula is C10H7ClN2O. The van der Waals surface area contributed by atoms with Gasteiger partial charge in [0.05, 0.1) is 5.02 Å². The van der Waals surface area contributed by atoms with E-state index >= 15 is 0 Å². The molecule has 4 heteroatoms. The molecule has 0 aliphatic rings. The van der Waals surface area contributed by atoms with Crippen molar-refractivity contribution in [3.05, 3.63) is 41.7 Å². The number of rotatable bonds is 1. The number of phenols is 1. The summed E-state index contributed by atoms with van der Waals surface area (Å²) < 4.78 is 0. The van der Waals surface area contributed by atoms with Crippen LogP contribution >= 0.6 is 11.6 Å². The van der Waals surface area contributed by atoms with E-state index < -0.39 is 0 Å². The zero-order valence-corrected chi connectivity index (χ0v) is 7.94. The predicted molar refractivity (Wildman–Crippen MR) is 54.1 cm³/mol. The fourth-order valence-corrected chi connectivity index (χ4v) is 1.17. The second kappa shape index (κ2) is 3.64. The summed E-state index contributed by atoms with van der Waals surface area (Å²) in [5.41, 5.74) is 0.847. The first-order valence-electron chi connectivity index (χ1n) is 4.02. The highest BCUT2D eigenvalue weighted by Crippen LogP contribution is 2.18.